The summed E-state index contributed by atoms with van der Waals surface area (Å²) in [5, 5.41) is 4.85. The molecule has 2 aromatic heterocycles. The van der Waals surface area contributed by atoms with Crippen molar-refractivity contribution in [2.24, 2.45) is 0 Å². The molecule has 0 atom stereocenters. The second-order valence-electron chi connectivity index (χ2n) is 27.7. The predicted molar refractivity (Wildman–Crippen MR) is 339 cm³/mol. The van der Waals surface area contributed by atoms with E-state index in [1.807, 2.05) is 0 Å². The fourth-order valence-electron chi connectivity index (χ4n) is 13.8. The first kappa shape index (κ1) is 49.5. The summed E-state index contributed by atoms with van der Waals surface area (Å²) >= 11 is 0. The Balaban J connectivity index is 1.10. The summed E-state index contributed by atoms with van der Waals surface area (Å²) in [6.45, 7) is 30.9. The van der Waals surface area contributed by atoms with E-state index in [2.05, 4.69) is 280 Å². The lowest BCUT2D eigenvalue weighted by atomic mass is 9.33. The highest BCUT2D eigenvalue weighted by Crippen LogP contribution is 2.52. The van der Waals surface area contributed by atoms with Gasteiger partial charge in [0.15, 0.2) is 0 Å². The number of furan rings is 1. The first-order valence-electron chi connectivity index (χ1n) is 28.8. The molecule has 0 amide bonds. The minimum Gasteiger partial charge on any atom is -0.455 e. The third-order valence-electron chi connectivity index (χ3n) is 18.5. The van der Waals surface area contributed by atoms with Crippen LogP contribution >= 0.6 is 0 Å². The Morgan fingerprint density at radius 2 is 0.962 bits per heavy atom. The number of nitrogens with zero attached hydrogens (tertiary/aromatic N) is 3. The summed E-state index contributed by atoms with van der Waals surface area (Å²) in [7, 11) is 0. The van der Waals surface area contributed by atoms with Gasteiger partial charge in [-0.15, -0.1) is 0 Å². The zero-order valence-corrected chi connectivity index (χ0v) is 48.5. The maximum absolute atomic E-state index is 6.63. The predicted octanol–water partition coefficient (Wildman–Crippen LogP) is 18.7. The third-order valence-corrected chi connectivity index (χ3v) is 18.5. The van der Waals surface area contributed by atoms with Crippen LogP contribution in [-0.4, -0.2) is 11.3 Å². The zero-order chi connectivity index (χ0) is 54.9. The summed E-state index contributed by atoms with van der Waals surface area (Å²) in [5.74, 6) is 0. The Labute approximate surface area is 467 Å². The molecule has 0 spiro atoms. The average Bonchev–Trinajstić information content (AvgIpc) is 3.57. The topological polar surface area (TPSA) is 24.6 Å². The van der Waals surface area contributed by atoms with Gasteiger partial charge in [-0.25, -0.2) is 0 Å². The van der Waals surface area contributed by atoms with Crippen LogP contribution in [0.15, 0.2) is 180 Å². The van der Waals surface area contributed by atoms with Crippen molar-refractivity contribution < 1.29 is 4.42 Å². The molecule has 3 aliphatic rings. The molecule has 4 heterocycles. The van der Waals surface area contributed by atoms with Crippen LogP contribution in [0.25, 0.3) is 60.6 Å². The highest BCUT2D eigenvalue weighted by atomic mass is 16.3. The SMILES string of the molecule is CC(C)(C)c1ccc(N2c3cc4c(cc3B3c5cc6c(cc5N(c5ccc(-c7cccc8c7oc7ccccc78)cc5)c5cc(C(C)(C)C)cc2c53)C(C)(C)CCC6(C)C)c2cc(C(C)(C)C)ccc2n4-c2ccccc2)cc1. The number of fused-ring (bicyclic) bond motifs is 11. The molecule has 0 fully saturated rings. The van der Waals surface area contributed by atoms with Crippen LogP contribution in [0, 0.1) is 0 Å². The molecule has 0 saturated carbocycles. The fraction of sp³-hybridized carbons (Fsp3) is 0.270. The van der Waals surface area contributed by atoms with Gasteiger partial charge in [-0.05, 0) is 169 Å². The molecule has 14 rings (SSSR count). The van der Waals surface area contributed by atoms with Crippen molar-refractivity contribution in [1.82, 2.24) is 4.57 Å². The van der Waals surface area contributed by atoms with Gasteiger partial charge < -0.3 is 18.8 Å². The summed E-state index contributed by atoms with van der Waals surface area (Å²) in [6, 6.07) is 67.6. The molecule has 0 bridgehead atoms. The lowest BCUT2D eigenvalue weighted by Crippen LogP contribution is -2.62. The molecule has 392 valence electrons. The molecule has 0 unspecified atom stereocenters. The van der Waals surface area contributed by atoms with Crippen LogP contribution in [-0.2, 0) is 27.1 Å². The highest BCUT2D eigenvalue weighted by molar-refractivity contribution is 7.00. The van der Waals surface area contributed by atoms with E-state index in [0.29, 0.717) is 0 Å². The maximum Gasteiger partial charge on any atom is 0.252 e. The van der Waals surface area contributed by atoms with Gasteiger partial charge in [0, 0.05) is 66.9 Å². The Hall–Kier alpha value is -7.76. The highest BCUT2D eigenvalue weighted by Gasteiger charge is 2.47. The molecule has 11 aromatic rings. The van der Waals surface area contributed by atoms with Crippen molar-refractivity contribution in [2.75, 3.05) is 9.80 Å². The van der Waals surface area contributed by atoms with Gasteiger partial charge >= 0.3 is 0 Å². The maximum atomic E-state index is 6.63. The van der Waals surface area contributed by atoms with Gasteiger partial charge in [0.25, 0.3) is 6.71 Å². The molecule has 79 heavy (non-hydrogen) atoms. The Bertz CT molecular complexity index is 4300. The molecule has 4 nitrogen and oxygen atoms in total. The minimum atomic E-state index is -0.166. The number of para-hydroxylation sites is 3. The summed E-state index contributed by atoms with van der Waals surface area (Å²) < 4.78 is 9.15. The Kier molecular flexibility index (Phi) is 10.6. The van der Waals surface area contributed by atoms with Gasteiger partial charge in [-0.1, -0.05) is 187 Å². The Morgan fingerprint density at radius 1 is 0.418 bits per heavy atom. The van der Waals surface area contributed by atoms with Crippen molar-refractivity contribution in [3.63, 3.8) is 0 Å². The average molecular weight is 1030 g/mol. The molecular formula is C74H72BN3O. The van der Waals surface area contributed by atoms with Crippen LogP contribution < -0.4 is 26.2 Å². The lowest BCUT2D eigenvalue weighted by molar-refractivity contribution is 0.332. The number of benzene rings is 9. The number of hydrogen-bond donors (Lipinski definition) is 0. The first-order chi connectivity index (χ1) is 37.5. The smallest absolute Gasteiger partial charge is 0.252 e. The van der Waals surface area contributed by atoms with Gasteiger partial charge in [0.2, 0.25) is 0 Å². The minimum absolute atomic E-state index is 0.00200. The largest absolute Gasteiger partial charge is 0.455 e. The van der Waals surface area contributed by atoms with Crippen LogP contribution in [0.1, 0.15) is 131 Å². The van der Waals surface area contributed by atoms with Gasteiger partial charge in [0.05, 0.1) is 11.0 Å². The fourth-order valence-corrected chi connectivity index (χ4v) is 13.8. The van der Waals surface area contributed by atoms with Crippen molar-refractivity contribution in [1.29, 1.82) is 0 Å². The van der Waals surface area contributed by atoms with E-state index in [1.54, 1.807) is 0 Å². The van der Waals surface area contributed by atoms with Crippen molar-refractivity contribution in [3.05, 3.63) is 204 Å². The van der Waals surface area contributed by atoms with Gasteiger partial charge in [-0.3, -0.25) is 0 Å². The van der Waals surface area contributed by atoms with Crippen LogP contribution in [0.2, 0.25) is 0 Å². The number of aromatic nitrogens is 1. The van der Waals surface area contributed by atoms with E-state index in [1.165, 1.54) is 88.8 Å². The normalized spacial score (nSPS) is 15.7. The van der Waals surface area contributed by atoms with Gasteiger partial charge in [-0.2, -0.15) is 0 Å². The first-order valence-corrected chi connectivity index (χ1v) is 28.8. The quantitative estimate of drug-likeness (QED) is 0.164. The molecule has 9 aromatic carbocycles. The summed E-state index contributed by atoms with van der Waals surface area (Å²) in [5.41, 5.74) is 25.7. The van der Waals surface area contributed by atoms with E-state index in [0.717, 1.165) is 63.0 Å². The van der Waals surface area contributed by atoms with E-state index in [9.17, 15) is 0 Å². The van der Waals surface area contributed by atoms with E-state index >= 15 is 0 Å². The number of rotatable bonds is 4. The van der Waals surface area contributed by atoms with Crippen molar-refractivity contribution >= 4 is 101 Å². The van der Waals surface area contributed by atoms with Crippen LogP contribution in [0.4, 0.5) is 34.1 Å². The molecule has 0 N–H and O–H groups in total. The molecule has 0 radical (unpaired) electrons. The second kappa shape index (κ2) is 16.9. The standard InChI is InChI=1S/C74H72BN3O/c1-70(2,3)46-28-33-51(34-29-46)78-64-44-62-56(55-38-47(71(4,5)6)30-35-61(55)76(62)49-20-15-14-16-21-49)41-59(64)75-60-42-57-58(74(12,13)37-36-73(57,10)11)43-63(60)77(65-39-48(72(7,8)9)40-66(78)68(65)75)50-31-26-45(27-32-50)52-23-19-24-54-53-22-17-18-25-67(53)79-69(52)54/h14-35,38-44H,36-37H2,1-13H3. The summed E-state index contributed by atoms with van der Waals surface area (Å²) in [4.78, 5) is 5.27. The zero-order valence-electron chi connectivity index (χ0n) is 48.5. The number of hydrogen-bond acceptors (Lipinski definition) is 3. The second-order valence-corrected chi connectivity index (χ2v) is 27.7. The molecule has 1 aliphatic carbocycles. The third kappa shape index (κ3) is 7.62. The molecular weight excluding hydrogens is 958 g/mol. The van der Waals surface area contributed by atoms with E-state index in [-0.39, 0.29) is 33.8 Å². The van der Waals surface area contributed by atoms with Crippen molar-refractivity contribution in [3.8, 4) is 16.8 Å². The lowest BCUT2D eigenvalue weighted by Gasteiger charge is -2.48. The van der Waals surface area contributed by atoms with Crippen molar-refractivity contribution in [2.45, 2.75) is 130 Å². The van der Waals surface area contributed by atoms with Crippen LogP contribution in [0.5, 0.6) is 0 Å². The Morgan fingerprint density at radius 3 is 1.61 bits per heavy atom. The monoisotopic (exact) mass is 1030 g/mol. The molecule has 2 aliphatic heterocycles. The molecule has 0 saturated heterocycles. The van der Waals surface area contributed by atoms with Gasteiger partial charge in [0.1, 0.15) is 11.2 Å². The van der Waals surface area contributed by atoms with E-state index < -0.39 is 0 Å². The molecule has 5 heteroatoms. The number of anilines is 6. The van der Waals surface area contributed by atoms with E-state index in [4.69, 9.17) is 4.42 Å². The summed E-state index contributed by atoms with van der Waals surface area (Å²) in [6.07, 6.45) is 2.28. The van der Waals surface area contributed by atoms with Crippen LogP contribution in [0.3, 0.4) is 0 Å².